The zero-order chi connectivity index (χ0) is 12.7. The van der Waals surface area contributed by atoms with Gasteiger partial charge in [0.15, 0.2) is 6.04 Å². The molecule has 1 fully saturated rings. The Hall–Kier alpha value is -1.10. The Morgan fingerprint density at radius 1 is 1.29 bits per heavy atom. The third kappa shape index (κ3) is 4.73. The fourth-order valence-corrected chi connectivity index (χ4v) is 2.17. The van der Waals surface area contributed by atoms with E-state index in [0.717, 1.165) is 25.7 Å². The number of nitrogens with one attached hydrogen (secondary N) is 1. The molecule has 98 valence electrons. The van der Waals surface area contributed by atoms with Crippen LogP contribution in [0.1, 0.15) is 38.5 Å². The fraction of sp³-hybridized carbons (Fsp3) is 0.833. The van der Waals surface area contributed by atoms with Gasteiger partial charge in [-0.1, -0.05) is 25.7 Å². The second-order valence-electron chi connectivity index (χ2n) is 4.54. The number of amides is 1. The van der Waals surface area contributed by atoms with Crippen molar-refractivity contribution in [2.24, 2.45) is 5.92 Å². The Balaban J connectivity index is 2.47. The average Bonchev–Trinajstić information content (AvgIpc) is 2.56. The molecule has 5 nitrogen and oxygen atoms in total. The molecule has 0 aromatic carbocycles. The third-order valence-electron chi connectivity index (χ3n) is 3.17. The first-order chi connectivity index (χ1) is 8.15. The van der Waals surface area contributed by atoms with Crippen LogP contribution in [-0.4, -0.2) is 36.7 Å². The van der Waals surface area contributed by atoms with Gasteiger partial charge in [-0.05, 0) is 12.8 Å². The third-order valence-corrected chi connectivity index (χ3v) is 3.17. The largest absolute Gasteiger partial charge is 0.480 e. The Kier molecular flexibility index (Phi) is 5.97. The molecule has 2 N–H and O–H groups in total. The predicted octanol–water partition coefficient (Wildman–Crippen LogP) is 1.17. The molecule has 1 atom stereocenters. The molecule has 1 unspecified atom stereocenters. The summed E-state index contributed by atoms with van der Waals surface area (Å²) < 4.78 is 4.78. The minimum Gasteiger partial charge on any atom is -0.480 e. The first-order valence-corrected chi connectivity index (χ1v) is 6.17. The Bertz CT molecular complexity index is 259. The van der Waals surface area contributed by atoms with Crippen LogP contribution in [-0.2, 0) is 14.3 Å². The van der Waals surface area contributed by atoms with Gasteiger partial charge in [0, 0.05) is 13.0 Å². The molecule has 0 saturated heterocycles. The van der Waals surface area contributed by atoms with Crippen LogP contribution in [0.15, 0.2) is 0 Å². The summed E-state index contributed by atoms with van der Waals surface area (Å²) in [6.07, 6.45) is 6.19. The highest BCUT2D eigenvalue weighted by Gasteiger charge is 2.25. The molecule has 0 aromatic heterocycles. The Morgan fingerprint density at radius 3 is 2.35 bits per heavy atom. The van der Waals surface area contributed by atoms with E-state index in [1.54, 1.807) is 0 Å². The van der Waals surface area contributed by atoms with Gasteiger partial charge in [-0.2, -0.15) is 0 Å². The molecule has 0 aliphatic heterocycles. The summed E-state index contributed by atoms with van der Waals surface area (Å²) in [6.45, 7) is 0.00773. The minimum atomic E-state index is -1.05. The summed E-state index contributed by atoms with van der Waals surface area (Å²) >= 11 is 0. The molecular weight excluding hydrogens is 222 g/mol. The van der Waals surface area contributed by atoms with Crippen molar-refractivity contribution in [2.75, 3.05) is 13.7 Å². The molecule has 5 heteroatoms. The van der Waals surface area contributed by atoms with Crippen LogP contribution in [0, 0.1) is 5.92 Å². The van der Waals surface area contributed by atoms with Gasteiger partial charge in [0.25, 0.3) is 0 Å². The van der Waals surface area contributed by atoms with Crippen molar-refractivity contribution in [1.82, 2.24) is 5.32 Å². The highest BCUT2D eigenvalue weighted by atomic mass is 16.5. The van der Waals surface area contributed by atoms with Gasteiger partial charge in [0.2, 0.25) is 5.91 Å². The van der Waals surface area contributed by atoms with Crippen LogP contribution < -0.4 is 5.32 Å². The van der Waals surface area contributed by atoms with Crippen LogP contribution in [0.2, 0.25) is 0 Å². The van der Waals surface area contributed by atoms with Gasteiger partial charge < -0.3 is 15.2 Å². The number of methoxy groups -OCH3 is 1. The first-order valence-electron chi connectivity index (χ1n) is 6.17. The molecule has 1 aliphatic rings. The number of carbonyl (C=O) groups excluding carboxylic acids is 1. The zero-order valence-corrected chi connectivity index (χ0v) is 10.3. The Labute approximate surface area is 102 Å². The Morgan fingerprint density at radius 2 is 1.88 bits per heavy atom. The lowest BCUT2D eigenvalue weighted by Crippen LogP contribution is -2.46. The number of aliphatic carboxylic acids is 1. The number of hydrogen-bond donors (Lipinski definition) is 2. The second-order valence-corrected chi connectivity index (χ2v) is 4.54. The van der Waals surface area contributed by atoms with Crippen LogP contribution in [0.25, 0.3) is 0 Å². The van der Waals surface area contributed by atoms with Crippen molar-refractivity contribution < 1.29 is 19.4 Å². The topological polar surface area (TPSA) is 75.6 Å². The van der Waals surface area contributed by atoms with Crippen molar-refractivity contribution in [2.45, 2.75) is 44.6 Å². The van der Waals surface area contributed by atoms with Crippen molar-refractivity contribution in [3.05, 3.63) is 0 Å². The number of carboxylic acids is 1. The average molecular weight is 243 g/mol. The van der Waals surface area contributed by atoms with E-state index in [-0.39, 0.29) is 18.4 Å². The number of carboxylic acid groups (broad SMARTS) is 1. The summed E-state index contributed by atoms with van der Waals surface area (Å²) in [5.74, 6) is -1.22. The van der Waals surface area contributed by atoms with E-state index >= 15 is 0 Å². The van der Waals surface area contributed by atoms with Crippen molar-refractivity contribution in [3.63, 3.8) is 0 Å². The summed E-state index contributed by atoms with van der Waals surface area (Å²) in [7, 11) is 1.42. The quantitative estimate of drug-likeness (QED) is 0.711. The van der Waals surface area contributed by atoms with Crippen LogP contribution in [0.4, 0.5) is 0 Å². The van der Waals surface area contributed by atoms with E-state index in [1.165, 1.54) is 20.0 Å². The first kappa shape index (κ1) is 14.0. The van der Waals surface area contributed by atoms with Gasteiger partial charge in [-0.15, -0.1) is 0 Å². The van der Waals surface area contributed by atoms with E-state index in [4.69, 9.17) is 9.84 Å². The SMILES string of the molecule is COCC(NC(=O)C1CCCCCC1)C(=O)O. The summed E-state index contributed by atoms with van der Waals surface area (Å²) in [5, 5.41) is 11.5. The molecule has 1 saturated carbocycles. The maximum Gasteiger partial charge on any atom is 0.328 e. The van der Waals surface area contributed by atoms with Gasteiger partial charge in [-0.3, -0.25) is 4.79 Å². The predicted molar refractivity (Wildman–Crippen MR) is 62.6 cm³/mol. The van der Waals surface area contributed by atoms with E-state index in [0.29, 0.717) is 0 Å². The maximum absolute atomic E-state index is 11.9. The highest BCUT2D eigenvalue weighted by Crippen LogP contribution is 2.22. The number of ether oxygens (including phenoxy) is 1. The van der Waals surface area contributed by atoms with Crippen LogP contribution >= 0.6 is 0 Å². The molecule has 0 heterocycles. The molecule has 0 radical (unpaired) electrons. The van der Waals surface area contributed by atoms with Crippen molar-refractivity contribution in [3.8, 4) is 0 Å². The number of hydrogen-bond acceptors (Lipinski definition) is 3. The molecule has 1 rings (SSSR count). The van der Waals surface area contributed by atoms with Crippen LogP contribution in [0.3, 0.4) is 0 Å². The van der Waals surface area contributed by atoms with E-state index in [1.807, 2.05) is 0 Å². The number of carbonyl (C=O) groups is 2. The summed E-state index contributed by atoms with van der Waals surface area (Å²) in [4.78, 5) is 22.8. The molecule has 1 amide bonds. The van der Waals surface area contributed by atoms with Crippen molar-refractivity contribution >= 4 is 11.9 Å². The smallest absolute Gasteiger partial charge is 0.328 e. The lowest BCUT2D eigenvalue weighted by molar-refractivity contribution is -0.144. The van der Waals surface area contributed by atoms with E-state index < -0.39 is 12.0 Å². The lowest BCUT2D eigenvalue weighted by Gasteiger charge is -2.18. The molecule has 1 aliphatic carbocycles. The van der Waals surface area contributed by atoms with Gasteiger partial charge in [0.05, 0.1) is 6.61 Å². The standard InChI is InChI=1S/C12H21NO4/c1-17-8-10(12(15)16)13-11(14)9-6-4-2-3-5-7-9/h9-10H,2-8H2,1H3,(H,13,14)(H,15,16). The fourth-order valence-electron chi connectivity index (χ4n) is 2.17. The molecule has 0 aromatic rings. The monoisotopic (exact) mass is 243 g/mol. The van der Waals surface area contributed by atoms with E-state index in [2.05, 4.69) is 5.32 Å². The summed E-state index contributed by atoms with van der Waals surface area (Å²) in [6, 6.07) is -0.934. The molecule has 17 heavy (non-hydrogen) atoms. The zero-order valence-electron chi connectivity index (χ0n) is 10.3. The van der Waals surface area contributed by atoms with Crippen LogP contribution in [0.5, 0.6) is 0 Å². The van der Waals surface area contributed by atoms with Gasteiger partial charge in [-0.25, -0.2) is 4.79 Å². The van der Waals surface area contributed by atoms with Gasteiger partial charge in [0.1, 0.15) is 0 Å². The van der Waals surface area contributed by atoms with E-state index in [9.17, 15) is 9.59 Å². The van der Waals surface area contributed by atoms with Gasteiger partial charge >= 0.3 is 5.97 Å². The maximum atomic E-state index is 11.9. The second kappa shape index (κ2) is 7.27. The summed E-state index contributed by atoms with van der Waals surface area (Å²) in [5.41, 5.74) is 0. The molecule has 0 spiro atoms. The highest BCUT2D eigenvalue weighted by molar-refractivity contribution is 5.85. The molecule has 0 bridgehead atoms. The number of rotatable bonds is 5. The minimum absolute atomic E-state index is 0.00773. The molecular formula is C12H21NO4. The van der Waals surface area contributed by atoms with Crippen molar-refractivity contribution in [1.29, 1.82) is 0 Å². The normalized spacial score (nSPS) is 19.4. The lowest BCUT2D eigenvalue weighted by atomic mass is 9.99.